The van der Waals surface area contributed by atoms with Crippen molar-refractivity contribution in [1.29, 1.82) is 0 Å². The molecule has 2 rings (SSSR count). The average Bonchev–Trinajstić information content (AvgIpc) is 2.65. The molecule has 0 fully saturated rings. The summed E-state index contributed by atoms with van der Waals surface area (Å²) in [5.74, 6) is -2.32. The minimum atomic E-state index is -4.84. The molecule has 2 aromatic rings. The third-order valence-corrected chi connectivity index (χ3v) is 3.77. The van der Waals surface area contributed by atoms with Crippen LogP contribution in [0.5, 0.6) is 5.75 Å². The molecule has 0 heterocycles. The molecule has 0 bridgehead atoms. The third kappa shape index (κ3) is 7.65. The Hall–Kier alpha value is -3.36. The van der Waals surface area contributed by atoms with Gasteiger partial charge in [-0.25, -0.2) is 4.79 Å². The summed E-state index contributed by atoms with van der Waals surface area (Å²) in [7, 11) is 0. The fraction of sp³-hybridized carbons (Fsp3) is 0.250. The van der Waals surface area contributed by atoms with E-state index in [1.165, 1.54) is 6.92 Å². The number of esters is 1. The van der Waals surface area contributed by atoms with E-state index in [0.717, 1.165) is 29.8 Å². The second-order valence-corrected chi connectivity index (χ2v) is 6.07. The standard InChI is InChI=1S/C20H18F3NO5/c1-13(25)17(11-14-5-3-2-4-6-14)24-18(26)12-28-19(27)15-7-9-16(10-8-15)29-20(21,22)23/h2-10,17H,11-12H2,1H3,(H,24,26)/t17-/m1/s1. The molecule has 2 aromatic carbocycles. The molecular weight excluding hydrogens is 391 g/mol. The van der Waals surface area contributed by atoms with Crippen LogP contribution in [-0.4, -0.2) is 36.7 Å². The van der Waals surface area contributed by atoms with Crippen molar-refractivity contribution in [3.8, 4) is 5.75 Å². The monoisotopic (exact) mass is 409 g/mol. The zero-order chi connectivity index (χ0) is 21.4. The molecule has 0 aliphatic heterocycles. The molecule has 1 amide bonds. The van der Waals surface area contributed by atoms with Crippen molar-refractivity contribution in [2.24, 2.45) is 0 Å². The zero-order valence-electron chi connectivity index (χ0n) is 15.4. The zero-order valence-corrected chi connectivity index (χ0v) is 15.4. The second-order valence-electron chi connectivity index (χ2n) is 6.07. The molecule has 154 valence electrons. The Morgan fingerprint density at radius 1 is 1.00 bits per heavy atom. The van der Waals surface area contributed by atoms with Crippen LogP contribution in [0.1, 0.15) is 22.8 Å². The van der Waals surface area contributed by atoms with Crippen LogP contribution in [0.15, 0.2) is 54.6 Å². The van der Waals surface area contributed by atoms with Gasteiger partial charge in [0.1, 0.15) is 5.75 Å². The van der Waals surface area contributed by atoms with Gasteiger partial charge in [-0.05, 0) is 43.2 Å². The summed E-state index contributed by atoms with van der Waals surface area (Å²) < 4.78 is 44.9. The molecule has 0 unspecified atom stereocenters. The Labute approximate surface area is 164 Å². The Morgan fingerprint density at radius 3 is 2.17 bits per heavy atom. The molecule has 0 radical (unpaired) electrons. The highest BCUT2D eigenvalue weighted by Crippen LogP contribution is 2.22. The molecule has 6 nitrogen and oxygen atoms in total. The van der Waals surface area contributed by atoms with Gasteiger partial charge in [0.2, 0.25) is 0 Å². The molecule has 0 aromatic heterocycles. The van der Waals surface area contributed by atoms with E-state index in [2.05, 4.69) is 10.1 Å². The highest BCUT2D eigenvalue weighted by atomic mass is 19.4. The number of carbonyl (C=O) groups excluding carboxylic acids is 3. The van der Waals surface area contributed by atoms with Crippen LogP contribution in [0, 0.1) is 0 Å². The molecular formula is C20H18F3NO5. The van der Waals surface area contributed by atoms with E-state index < -0.39 is 36.6 Å². The highest BCUT2D eigenvalue weighted by Gasteiger charge is 2.31. The van der Waals surface area contributed by atoms with Gasteiger partial charge in [0.15, 0.2) is 12.4 Å². The summed E-state index contributed by atoms with van der Waals surface area (Å²) in [5, 5.41) is 2.50. The summed E-state index contributed by atoms with van der Waals surface area (Å²) in [6, 6.07) is 12.4. The van der Waals surface area contributed by atoms with Gasteiger partial charge in [-0.1, -0.05) is 30.3 Å². The molecule has 9 heteroatoms. The predicted molar refractivity (Wildman–Crippen MR) is 96.2 cm³/mol. The Kier molecular flexibility index (Phi) is 7.35. The van der Waals surface area contributed by atoms with Gasteiger partial charge >= 0.3 is 12.3 Å². The Morgan fingerprint density at radius 2 is 1.62 bits per heavy atom. The lowest BCUT2D eigenvalue weighted by atomic mass is 10.0. The third-order valence-electron chi connectivity index (χ3n) is 3.77. The summed E-state index contributed by atoms with van der Waals surface area (Å²) in [5.41, 5.74) is 0.797. The van der Waals surface area contributed by atoms with E-state index >= 15 is 0 Å². The molecule has 0 spiro atoms. The van der Waals surface area contributed by atoms with Crippen LogP contribution in [-0.2, 0) is 20.7 Å². The Balaban J connectivity index is 1.87. The topological polar surface area (TPSA) is 81.7 Å². The smallest absolute Gasteiger partial charge is 0.452 e. The number of carbonyl (C=O) groups is 3. The number of Topliss-reactive ketones (excluding diaryl/α,β-unsaturated/α-hetero) is 1. The summed E-state index contributed by atoms with van der Waals surface area (Å²) in [6.07, 6.45) is -4.55. The molecule has 0 aliphatic rings. The maximum absolute atomic E-state index is 12.1. The van der Waals surface area contributed by atoms with Gasteiger partial charge in [-0.15, -0.1) is 13.2 Å². The van der Waals surface area contributed by atoms with E-state index in [4.69, 9.17) is 4.74 Å². The number of amides is 1. The first-order valence-corrected chi connectivity index (χ1v) is 8.51. The number of alkyl halides is 3. The van der Waals surface area contributed by atoms with Gasteiger partial charge in [0, 0.05) is 0 Å². The molecule has 0 saturated heterocycles. The van der Waals surface area contributed by atoms with Crippen molar-refractivity contribution in [2.45, 2.75) is 25.7 Å². The quantitative estimate of drug-likeness (QED) is 0.678. The maximum atomic E-state index is 12.1. The van der Waals surface area contributed by atoms with Crippen LogP contribution in [0.2, 0.25) is 0 Å². The normalized spacial score (nSPS) is 12.0. The van der Waals surface area contributed by atoms with E-state index in [-0.39, 0.29) is 17.8 Å². The lowest BCUT2D eigenvalue weighted by molar-refractivity contribution is -0.274. The van der Waals surface area contributed by atoms with Gasteiger partial charge < -0.3 is 14.8 Å². The van der Waals surface area contributed by atoms with E-state index in [0.29, 0.717) is 0 Å². The van der Waals surface area contributed by atoms with Crippen molar-refractivity contribution >= 4 is 17.7 Å². The first-order chi connectivity index (χ1) is 13.6. The summed E-state index contributed by atoms with van der Waals surface area (Å²) >= 11 is 0. The van der Waals surface area contributed by atoms with Crippen molar-refractivity contribution in [2.75, 3.05) is 6.61 Å². The van der Waals surface area contributed by atoms with Crippen LogP contribution in [0.3, 0.4) is 0 Å². The SMILES string of the molecule is CC(=O)[C@@H](Cc1ccccc1)NC(=O)COC(=O)c1ccc(OC(F)(F)F)cc1. The van der Waals surface area contributed by atoms with Crippen molar-refractivity contribution in [1.82, 2.24) is 5.32 Å². The van der Waals surface area contributed by atoms with Crippen LogP contribution in [0.4, 0.5) is 13.2 Å². The van der Waals surface area contributed by atoms with E-state index in [1.807, 2.05) is 18.2 Å². The minimum Gasteiger partial charge on any atom is -0.452 e. The number of halogens is 3. The van der Waals surface area contributed by atoms with Gasteiger partial charge in [0.25, 0.3) is 5.91 Å². The fourth-order valence-electron chi connectivity index (χ4n) is 2.39. The molecule has 1 atom stereocenters. The van der Waals surface area contributed by atoms with Gasteiger partial charge in [0.05, 0.1) is 11.6 Å². The minimum absolute atomic E-state index is 0.0558. The van der Waals surface area contributed by atoms with E-state index in [9.17, 15) is 27.6 Å². The number of ether oxygens (including phenoxy) is 2. The summed E-state index contributed by atoms with van der Waals surface area (Å²) in [4.78, 5) is 35.7. The lowest BCUT2D eigenvalue weighted by Crippen LogP contribution is -2.43. The van der Waals surface area contributed by atoms with Crippen LogP contribution >= 0.6 is 0 Å². The first-order valence-electron chi connectivity index (χ1n) is 8.51. The van der Waals surface area contributed by atoms with E-state index in [1.54, 1.807) is 12.1 Å². The number of hydrogen-bond donors (Lipinski definition) is 1. The Bertz CT molecular complexity index is 851. The lowest BCUT2D eigenvalue weighted by Gasteiger charge is -2.16. The van der Waals surface area contributed by atoms with Crippen LogP contribution < -0.4 is 10.1 Å². The van der Waals surface area contributed by atoms with Gasteiger partial charge in [-0.3, -0.25) is 9.59 Å². The molecule has 1 N–H and O–H groups in total. The van der Waals surface area contributed by atoms with Crippen molar-refractivity contribution < 1.29 is 37.0 Å². The highest BCUT2D eigenvalue weighted by molar-refractivity contribution is 5.92. The molecule has 0 saturated carbocycles. The fourth-order valence-corrected chi connectivity index (χ4v) is 2.39. The largest absolute Gasteiger partial charge is 0.573 e. The molecule has 0 aliphatic carbocycles. The van der Waals surface area contributed by atoms with Crippen LogP contribution in [0.25, 0.3) is 0 Å². The number of rotatable bonds is 8. The molecule has 29 heavy (non-hydrogen) atoms. The number of benzene rings is 2. The van der Waals surface area contributed by atoms with Gasteiger partial charge in [-0.2, -0.15) is 0 Å². The number of hydrogen-bond acceptors (Lipinski definition) is 5. The average molecular weight is 409 g/mol. The predicted octanol–water partition coefficient (Wildman–Crippen LogP) is 3.06. The summed E-state index contributed by atoms with van der Waals surface area (Å²) in [6.45, 7) is 0.697. The maximum Gasteiger partial charge on any atom is 0.573 e. The van der Waals surface area contributed by atoms with Crippen molar-refractivity contribution in [3.63, 3.8) is 0 Å². The van der Waals surface area contributed by atoms with Crippen molar-refractivity contribution in [3.05, 3.63) is 65.7 Å². The number of nitrogens with one attached hydrogen (secondary N) is 1. The number of ketones is 1. The first kappa shape index (κ1) is 21.9. The second kappa shape index (κ2) is 9.72.